The minimum absolute atomic E-state index is 0.0228. The summed E-state index contributed by atoms with van der Waals surface area (Å²) in [5.41, 5.74) is 3.80. The summed E-state index contributed by atoms with van der Waals surface area (Å²) in [7, 11) is 1.60. The molecule has 1 atom stereocenters. The van der Waals surface area contributed by atoms with Crippen molar-refractivity contribution in [3.05, 3.63) is 47.8 Å². The first-order chi connectivity index (χ1) is 11.6. The van der Waals surface area contributed by atoms with Crippen LogP contribution in [0.15, 0.2) is 36.7 Å². The fraction of sp³-hybridized carbons (Fsp3) is 0.368. The number of nitrogens with one attached hydrogen (secondary N) is 1. The number of piperazine rings is 1. The molecule has 5 heteroatoms. The van der Waals surface area contributed by atoms with E-state index >= 15 is 0 Å². The number of aromatic nitrogens is 1. The van der Waals surface area contributed by atoms with E-state index < -0.39 is 0 Å². The first-order valence-electron chi connectivity index (χ1n) is 8.22. The lowest BCUT2D eigenvalue weighted by molar-refractivity contribution is 0.0705. The molecule has 126 valence electrons. The second kappa shape index (κ2) is 7.01. The molecule has 24 heavy (non-hydrogen) atoms. The van der Waals surface area contributed by atoms with Crippen molar-refractivity contribution >= 4 is 5.91 Å². The maximum Gasteiger partial charge on any atom is 0.257 e. The molecule has 0 saturated carbocycles. The smallest absolute Gasteiger partial charge is 0.257 e. The number of pyridine rings is 1. The topological polar surface area (TPSA) is 54.5 Å². The van der Waals surface area contributed by atoms with Crippen molar-refractivity contribution in [2.45, 2.75) is 19.9 Å². The van der Waals surface area contributed by atoms with E-state index in [2.05, 4.69) is 17.2 Å². The molecule has 1 aliphatic heterocycles. The Bertz CT molecular complexity index is 745. The molecular weight excluding hydrogens is 302 g/mol. The lowest BCUT2D eigenvalue weighted by Gasteiger charge is -2.32. The number of methoxy groups -OCH3 is 1. The number of hydrogen-bond donors (Lipinski definition) is 1. The van der Waals surface area contributed by atoms with Gasteiger partial charge in [0.15, 0.2) is 0 Å². The van der Waals surface area contributed by atoms with Crippen LogP contribution in [-0.4, -0.2) is 48.6 Å². The highest BCUT2D eigenvalue weighted by molar-refractivity contribution is 5.97. The van der Waals surface area contributed by atoms with Crippen LogP contribution in [0.1, 0.15) is 22.8 Å². The summed E-state index contributed by atoms with van der Waals surface area (Å²) in [4.78, 5) is 18.9. The standard InChI is InChI=1S/C19H23N3O2/c1-13-6-7-20-11-17(13)15-4-5-16(18(10-15)24-3)19(23)22-9-8-21-14(2)12-22/h4-7,10-11,14,21H,8-9,12H2,1-3H3. The third kappa shape index (κ3) is 3.26. The van der Waals surface area contributed by atoms with Gasteiger partial charge in [-0.2, -0.15) is 0 Å². The zero-order valence-corrected chi connectivity index (χ0v) is 14.4. The van der Waals surface area contributed by atoms with Crippen molar-refractivity contribution in [3.63, 3.8) is 0 Å². The maximum atomic E-state index is 12.8. The van der Waals surface area contributed by atoms with Crippen molar-refractivity contribution in [2.24, 2.45) is 0 Å². The van der Waals surface area contributed by atoms with E-state index in [-0.39, 0.29) is 5.91 Å². The summed E-state index contributed by atoms with van der Waals surface area (Å²) >= 11 is 0. The minimum Gasteiger partial charge on any atom is -0.496 e. The normalized spacial score (nSPS) is 17.6. The SMILES string of the molecule is COc1cc(-c2cnccc2C)ccc1C(=O)N1CCNC(C)C1. The average Bonchev–Trinajstić information content (AvgIpc) is 2.61. The lowest BCUT2D eigenvalue weighted by Crippen LogP contribution is -2.51. The molecule has 1 unspecified atom stereocenters. The quantitative estimate of drug-likeness (QED) is 0.942. The van der Waals surface area contributed by atoms with Crippen LogP contribution in [0.25, 0.3) is 11.1 Å². The monoisotopic (exact) mass is 325 g/mol. The Labute approximate surface area is 142 Å². The second-order valence-electron chi connectivity index (χ2n) is 6.21. The van der Waals surface area contributed by atoms with Gasteiger partial charge in [-0.25, -0.2) is 0 Å². The van der Waals surface area contributed by atoms with Crippen LogP contribution in [0.5, 0.6) is 5.75 Å². The van der Waals surface area contributed by atoms with E-state index in [1.807, 2.05) is 42.3 Å². The van der Waals surface area contributed by atoms with E-state index in [4.69, 9.17) is 4.74 Å². The van der Waals surface area contributed by atoms with Gasteiger partial charge >= 0.3 is 0 Å². The summed E-state index contributed by atoms with van der Waals surface area (Å²) in [5.74, 6) is 0.626. The van der Waals surface area contributed by atoms with Crippen molar-refractivity contribution in [1.82, 2.24) is 15.2 Å². The van der Waals surface area contributed by atoms with Crippen LogP contribution in [0.3, 0.4) is 0 Å². The van der Waals surface area contributed by atoms with Gasteiger partial charge in [-0.05, 0) is 43.2 Å². The number of ether oxygens (including phenoxy) is 1. The van der Waals surface area contributed by atoms with E-state index in [9.17, 15) is 4.79 Å². The zero-order chi connectivity index (χ0) is 17.1. The molecule has 0 bridgehead atoms. The molecule has 1 aliphatic rings. The van der Waals surface area contributed by atoms with Crippen LogP contribution in [0.4, 0.5) is 0 Å². The molecule has 1 amide bonds. The van der Waals surface area contributed by atoms with Crippen LogP contribution in [-0.2, 0) is 0 Å². The number of rotatable bonds is 3. The number of hydrogen-bond acceptors (Lipinski definition) is 4. The lowest BCUT2D eigenvalue weighted by atomic mass is 10.0. The molecule has 0 radical (unpaired) electrons. The van der Waals surface area contributed by atoms with Crippen LogP contribution >= 0.6 is 0 Å². The first kappa shape index (κ1) is 16.5. The molecule has 0 aliphatic carbocycles. The molecule has 1 aromatic carbocycles. The predicted molar refractivity (Wildman–Crippen MR) is 94.3 cm³/mol. The van der Waals surface area contributed by atoms with Crippen LogP contribution in [0.2, 0.25) is 0 Å². The molecule has 2 aromatic rings. The Morgan fingerprint density at radius 2 is 2.21 bits per heavy atom. The Morgan fingerprint density at radius 1 is 1.38 bits per heavy atom. The fourth-order valence-electron chi connectivity index (χ4n) is 3.09. The highest BCUT2D eigenvalue weighted by Gasteiger charge is 2.24. The van der Waals surface area contributed by atoms with E-state index in [1.54, 1.807) is 13.3 Å². The Hall–Kier alpha value is -2.40. The largest absolute Gasteiger partial charge is 0.496 e. The maximum absolute atomic E-state index is 12.8. The van der Waals surface area contributed by atoms with Crippen molar-refractivity contribution in [1.29, 1.82) is 0 Å². The number of nitrogens with zero attached hydrogens (tertiary/aromatic N) is 2. The van der Waals surface area contributed by atoms with E-state index in [0.29, 0.717) is 23.9 Å². The molecule has 1 saturated heterocycles. The fourth-order valence-corrected chi connectivity index (χ4v) is 3.09. The molecule has 3 rings (SSSR count). The van der Waals surface area contributed by atoms with E-state index in [0.717, 1.165) is 29.8 Å². The molecule has 1 N–H and O–H groups in total. The average molecular weight is 325 g/mol. The van der Waals surface area contributed by atoms with Crippen LogP contribution in [0, 0.1) is 6.92 Å². The van der Waals surface area contributed by atoms with Gasteiger partial charge in [-0.15, -0.1) is 0 Å². The van der Waals surface area contributed by atoms with Crippen molar-refractivity contribution < 1.29 is 9.53 Å². The van der Waals surface area contributed by atoms with Gasteiger partial charge in [-0.1, -0.05) is 6.07 Å². The number of carbonyl (C=O) groups is 1. The van der Waals surface area contributed by atoms with Crippen molar-refractivity contribution in [2.75, 3.05) is 26.7 Å². The summed E-state index contributed by atoms with van der Waals surface area (Å²) in [6.45, 7) is 6.39. The van der Waals surface area contributed by atoms with Gasteiger partial charge in [0, 0.05) is 43.6 Å². The zero-order valence-electron chi connectivity index (χ0n) is 14.4. The summed E-state index contributed by atoms with van der Waals surface area (Å²) < 4.78 is 5.50. The third-order valence-corrected chi connectivity index (χ3v) is 4.44. The predicted octanol–water partition coefficient (Wildman–Crippen LogP) is 2.50. The second-order valence-corrected chi connectivity index (χ2v) is 6.21. The number of aryl methyl sites for hydroxylation is 1. The molecule has 5 nitrogen and oxygen atoms in total. The van der Waals surface area contributed by atoms with Gasteiger partial charge < -0.3 is 15.0 Å². The first-order valence-corrected chi connectivity index (χ1v) is 8.22. The molecule has 2 heterocycles. The molecule has 1 fully saturated rings. The minimum atomic E-state index is 0.0228. The molecule has 0 spiro atoms. The Balaban J connectivity index is 1.92. The van der Waals surface area contributed by atoms with Gasteiger partial charge in [0.25, 0.3) is 5.91 Å². The third-order valence-electron chi connectivity index (χ3n) is 4.44. The highest BCUT2D eigenvalue weighted by atomic mass is 16.5. The van der Waals surface area contributed by atoms with Gasteiger partial charge in [0.1, 0.15) is 5.75 Å². The van der Waals surface area contributed by atoms with Crippen LogP contribution < -0.4 is 10.1 Å². The highest BCUT2D eigenvalue weighted by Crippen LogP contribution is 2.29. The summed E-state index contributed by atoms with van der Waals surface area (Å²) in [6.07, 6.45) is 3.61. The van der Waals surface area contributed by atoms with Crippen molar-refractivity contribution in [3.8, 4) is 16.9 Å². The van der Waals surface area contributed by atoms with Gasteiger partial charge in [0.2, 0.25) is 0 Å². The Morgan fingerprint density at radius 3 is 2.92 bits per heavy atom. The Kier molecular flexibility index (Phi) is 4.81. The molecular formula is C19H23N3O2. The summed E-state index contributed by atoms with van der Waals surface area (Å²) in [5, 5.41) is 3.35. The number of amides is 1. The molecule has 1 aromatic heterocycles. The summed E-state index contributed by atoms with van der Waals surface area (Å²) in [6, 6.07) is 8.03. The van der Waals surface area contributed by atoms with E-state index in [1.165, 1.54) is 0 Å². The number of carbonyl (C=O) groups excluding carboxylic acids is 1. The number of benzene rings is 1. The van der Waals surface area contributed by atoms with Gasteiger partial charge in [0.05, 0.1) is 12.7 Å². The van der Waals surface area contributed by atoms with Gasteiger partial charge in [-0.3, -0.25) is 9.78 Å².